The Labute approximate surface area is 151 Å². The summed E-state index contributed by atoms with van der Waals surface area (Å²) in [6, 6.07) is 0.293. The zero-order valence-electron chi connectivity index (χ0n) is 16.1. The fourth-order valence-electron chi connectivity index (χ4n) is 4.97. The first-order valence-electron chi connectivity index (χ1n) is 9.72. The van der Waals surface area contributed by atoms with Crippen molar-refractivity contribution in [3.63, 3.8) is 0 Å². The van der Waals surface area contributed by atoms with E-state index in [0.29, 0.717) is 17.9 Å². The van der Waals surface area contributed by atoms with Crippen molar-refractivity contribution < 1.29 is 9.59 Å². The van der Waals surface area contributed by atoms with Gasteiger partial charge in [-0.3, -0.25) is 14.5 Å². The van der Waals surface area contributed by atoms with Crippen LogP contribution in [0, 0.1) is 17.3 Å². The van der Waals surface area contributed by atoms with Crippen LogP contribution in [0.4, 0.5) is 0 Å². The van der Waals surface area contributed by atoms with Gasteiger partial charge in [-0.05, 0) is 57.4 Å². The molecule has 2 N–H and O–H groups in total. The van der Waals surface area contributed by atoms with Gasteiger partial charge in [0.25, 0.3) is 0 Å². The standard InChI is InChI=1S/C20H33N3O2/c1-13(2)12-15-17(20(15,3)4)19(25)22-10-7-14(8-11-22)23-9-5-6-16(23)18(21)24/h12,14-17H,5-11H2,1-4H3,(H2,21,24)/t15-,16-,17-/m1/s1. The van der Waals surface area contributed by atoms with E-state index in [1.807, 2.05) is 0 Å². The summed E-state index contributed by atoms with van der Waals surface area (Å²) in [5.74, 6) is 0.628. The molecule has 3 fully saturated rings. The monoisotopic (exact) mass is 347 g/mol. The molecular formula is C20H33N3O2. The summed E-state index contributed by atoms with van der Waals surface area (Å²) in [7, 11) is 0. The molecule has 0 aromatic rings. The molecular weight excluding hydrogens is 314 g/mol. The van der Waals surface area contributed by atoms with Gasteiger partial charge in [0.2, 0.25) is 11.8 Å². The summed E-state index contributed by atoms with van der Waals surface area (Å²) in [6.45, 7) is 11.2. The lowest BCUT2D eigenvalue weighted by Crippen LogP contribution is -2.51. The Bertz CT molecular complexity index is 571. The number of amides is 2. The van der Waals surface area contributed by atoms with Crippen molar-refractivity contribution in [2.45, 2.75) is 65.5 Å². The van der Waals surface area contributed by atoms with E-state index in [1.54, 1.807) is 0 Å². The third-order valence-electron chi connectivity index (χ3n) is 6.56. The Morgan fingerprint density at radius 3 is 2.28 bits per heavy atom. The number of likely N-dealkylation sites (tertiary alicyclic amines) is 2. The van der Waals surface area contributed by atoms with Crippen molar-refractivity contribution in [3.8, 4) is 0 Å². The molecule has 1 aliphatic carbocycles. The van der Waals surface area contributed by atoms with Crippen LogP contribution in [0.3, 0.4) is 0 Å². The molecule has 0 bridgehead atoms. The minimum absolute atomic E-state index is 0.0806. The molecule has 3 atom stereocenters. The highest BCUT2D eigenvalue weighted by atomic mass is 16.2. The highest BCUT2D eigenvalue weighted by Crippen LogP contribution is 2.60. The average Bonchev–Trinajstić information content (AvgIpc) is 2.92. The van der Waals surface area contributed by atoms with Crippen LogP contribution < -0.4 is 5.73 Å². The van der Waals surface area contributed by atoms with E-state index < -0.39 is 0 Å². The number of hydrogen-bond acceptors (Lipinski definition) is 3. The predicted molar refractivity (Wildman–Crippen MR) is 98.7 cm³/mol. The van der Waals surface area contributed by atoms with E-state index in [2.05, 4.69) is 43.6 Å². The van der Waals surface area contributed by atoms with Gasteiger partial charge in [0.15, 0.2) is 0 Å². The summed E-state index contributed by atoms with van der Waals surface area (Å²) in [4.78, 5) is 28.9. The highest BCUT2D eigenvalue weighted by Gasteiger charge is 2.61. The molecule has 2 heterocycles. The van der Waals surface area contributed by atoms with E-state index >= 15 is 0 Å². The van der Waals surface area contributed by atoms with Gasteiger partial charge in [-0.25, -0.2) is 0 Å². The molecule has 3 rings (SSSR count). The van der Waals surface area contributed by atoms with E-state index in [0.717, 1.165) is 45.3 Å². The molecule has 0 unspecified atom stereocenters. The first kappa shape index (κ1) is 18.4. The van der Waals surface area contributed by atoms with E-state index in [4.69, 9.17) is 5.73 Å². The zero-order chi connectivity index (χ0) is 18.4. The van der Waals surface area contributed by atoms with Crippen LogP contribution in [0.1, 0.15) is 53.4 Å². The van der Waals surface area contributed by atoms with Gasteiger partial charge in [0.1, 0.15) is 0 Å². The third kappa shape index (κ3) is 3.48. The van der Waals surface area contributed by atoms with Crippen LogP contribution in [0.2, 0.25) is 0 Å². The second-order valence-corrected chi connectivity index (χ2v) is 8.92. The molecule has 0 spiro atoms. The number of nitrogens with zero attached hydrogens (tertiary/aromatic N) is 2. The quantitative estimate of drug-likeness (QED) is 0.793. The molecule has 2 aliphatic heterocycles. The molecule has 0 aromatic carbocycles. The predicted octanol–water partition coefficient (Wildman–Crippen LogP) is 2.17. The fraction of sp³-hybridized carbons (Fsp3) is 0.800. The summed E-state index contributed by atoms with van der Waals surface area (Å²) in [5, 5.41) is 0. The maximum absolute atomic E-state index is 13.0. The molecule has 1 saturated carbocycles. The summed E-state index contributed by atoms with van der Waals surface area (Å²) in [6.07, 6.45) is 6.10. The van der Waals surface area contributed by atoms with E-state index in [9.17, 15) is 9.59 Å². The largest absolute Gasteiger partial charge is 0.368 e. The van der Waals surface area contributed by atoms with Crippen LogP contribution in [-0.4, -0.2) is 53.3 Å². The van der Waals surface area contributed by atoms with Gasteiger partial charge in [-0.2, -0.15) is 0 Å². The smallest absolute Gasteiger partial charge is 0.234 e. The number of carbonyl (C=O) groups excluding carboxylic acids is 2. The second kappa shape index (κ2) is 6.75. The van der Waals surface area contributed by atoms with Gasteiger partial charge >= 0.3 is 0 Å². The maximum atomic E-state index is 13.0. The lowest BCUT2D eigenvalue weighted by Gasteiger charge is -2.38. The lowest BCUT2D eigenvalue weighted by molar-refractivity contribution is -0.135. The molecule has 0 aromatic heterocycles. The molecule has 2 amide bonds. The molecule has 2 saturated heterocycles. The Morgan fingerprint density at radius 1 is 1.08 bits per heavy atom. The van der Waals surface area contributed by atoms with Crippen LogP contribution in [-0.2, 0) is 9.59 Å². The number of rotatable bonds is 4. The third-order valence-corrected chi connectivity index (χ3v) is 6.56. The van der Waals surface area contributed by atoms with Gasteiger partial charge in [0.05, 0.1) is 12.0 Å². The summed E-state index contributed by atoms with van der Waals surface area (Å²) >= 11 is 0. The fourth-order valence-corrected chi connectivity index (χ4v) is 4.97. The second-order valence-electron chi connectivity index (χ2n) is 8.92. The van der Waals surface area contributed by atoms with Crippen molar-refractivity contribution in [2.24, 2.45) is 23.0 Å². The number of hydrogen-bond donors (Lipinski definition) is 1. The van der Waals surface area contributed by atoms with Crippen molar-refractivity contribution >= 4 is 11.8 Å². The van der Waals surface area contributed by atoms with E-state index in [-0.39, 0.29) is 23.3 Å². The van der Waals surface area contributed by atoms with E-state index in [1.165, 1.54) is 5.57 Å². The number of piperidine rings is 1. The van der Waals surface area contributed by atoms with Gasteiger partial charge in [-0.1, -0.05) is 25.5 Å². The summed E-state index contributed by atoms with van der Waals surface area (Å²) < 4.78 is 0. The molecule has 140 valence electrons. The minimum atomic E-state index is -0.194. The van der Waals surface area contributed by atoms with Crippen molar-refractivity contribution in [3.05, 3.63) is 11.6 Å². The van der Waals surface area contributed by atoms with Crippen LogP contribution >= 0.6 is 0 Å². The normalized spacial score (nSPS) is 32.5. The minimum Gasteiger partial charge on any atom is -0.368 e. The maximum Gasteiger partial charge on any atom is 0.234 e. The van der Waals surface area contributed by atoms with Crippen molar-refractivity contribution in [2.75, 3.05) is 19.6 Å². The SMILES string of the molecule is CC(C)=C[C@@H]1[C@H](C(=O)N2CCC(N3CCC[C@@H]3C(N)=O)CC2)C1(C)C. The summed E-state index contributed by atoms with van der Waals surface area (Å²) in [5.41, 5.74) is 6.92. The van der Waals surface area contributed by atoms with Crippen LogP contribution in [0.25, 0.3) is 0 Å². The Balaban J connectivity index is 1.57. The molecule has 5 heteroatoms. The topological polar surface area (TPSA) is 66.6 Å². The first-order valence-corrected chi connectivity index (χ1v) is 9.72. The van der Waals surface area contributed by atoms with Crippen LogP contribution in [0.15, 0.2) is 11.6 Å². The molecule has 0 radical (unpaired) electrons. The number of carbonyl (C=O) groups is 2. The molecule has 5 nitrogen and oxygen atoms in total. The van der Waals surface area contributed by atoms with Gasteiger partial charge < -0.3 is 10.6 Å². The number of nitrogens with two attached hydrogens (primary N) is 1. The number of primary amides is 1. The van der Waals surface area contributed by atoms with Crippen molar-refractivity contribution in [1.82, 2.24) is 9.80 Å². The van der Waals surface area contributed by atoms with Crippen LogP contribution in [0.5, 0.6) is 0 Å². The number of allylic oxidation sites excluding steroid dienone is 2. The first-order chi connectivity index (χ1) is 11.7. The molecule has 3 aliphatic rings. The van der Waals surface area contributed by atoms with Crippen molar-refractivity contribution in [1.29, 1.82) is 0 Å². The Morgan fingerprint density at radius 2 is 1.72 bits per heavy atom. The average molecular weight is 348 g/mol. The zero-order valence-corrected chi connectivity index (χ0v) is 16.1. The Hall–Kier alpha value is -1.36. The Kier molecular flexibility index (Phi) is 4.97. The van der Waals surface area contributed by atoms with Gasteiger partial charge in [-0.15, -0.1) is 0 Å². The van der Waals surface area contributed by atoms with Gasteiger partial charge in [0, 0.05) is 19.1 Å². The molecule has 25 heavy (non-hydrogen) atoms. The lowest BCUT2D eigenvalue weighted by atomic mass is 10.0. The highest BCUT2D eigenvalue weighted by molar-refractivity contribution is 5.84.